The molecule has 1 aromatic carbocycles. The van der Waals surface area contributed by atoms with Crippen LogP contribution in [0.2, 0.25) is 0 Å². The molecule has 2 heterocycles. The first kappa shape index (κ1) is 19.5. The Hall–Kier alpha value is -2.28. The molecule has 2 aromatic rings. The highest BCUT2D eigenvalue weighted by Gasteiger charge is 2.34. The number of aryl methyl sites for hydroxylation is 1. The summed E-state index contributed by atoms with van der Waals surface area (Å²) in [6.07, 6.45) is 0.277. The smallest absolute Gasteiger partial charge is 0.273 e. The van der Waals surface area contributed by atoms with E-state index in [9.17, 15) is 14.0 Å². The Morgan fingerprint density at radius 3 is 2.63 bits per heavy atom. The van der Waals surface area contributed by atoms with E-state index in [4.69, 9.17) is 0 Å². The van der Waals surface area contributed by atoms with E-state index in [1.807, 2.05) is 11.8 Å². The summed E-state index contributed by atoms with van der Waals surface area (Å²) in [7, 11) is 0. The zero-order valence-corrected chi connectivity index (χ0v) is 16.6. The third-order valence-electron chi connectivity index (χ3n) is 4.88. The van der Waals surface area contributed by atoms with E-state index in [0.717, 1.165) is 10.6 Å². The van der Waals surface area contributed by atoms with Crippen molar-refractivity contribution in [2.75, 3.05) is 13.1 Å². The third kappa shape index (κ3) is 4.53. The van der Waals surface area contributed by atoms with Crippen LogP contribution >= 0.6 is 11.3 Å². The van der Waals surface area contributed by atoms with Crippen LogP contribution in [0.4, 0.5) is 4.39 Å². The topological polar surface area (TPSA) is 53.5 Å². The van der Waals surface area contributed by atoms with Crippen LogP contribution in [0.5, 0.6) is 0 Å². The van der Waals surface area contributed by atoms with Gasteiger partial charge in [0.05, 0.1) is 11.0 Å². The molecule has 5 nitrogen and oxygen atoms in total. The highest BCUT2D eigenvalue weighted by Crippen LogP contribution is 2.22. The quantitative estimate of drug-likeness (QED) is 0.804. The normalized spacial score (nSPS) is 18.1. The van der Waals surface area contributed by atoms with Crippen molar-refractivity contribution in [3.8, 4) is 0 Å². The van der Waals surface area contributed by atoms with E-state index in [2.05, 4.69) is 18.8 Å². The van der Waals surface area contributed by atoms with Gasteiger partial charge in [-0.25, -0.2) is 9.37 Å². The average Bonchev–Trinajstić information content (AvgIpc) is 3.00. The maximum Gasteiger partial charge on any atom is 0.273 e. The van der Waals surface area contributed by atoms with Gasteiger partial charge in [-0.1, -0.05) is 26.0 Å². The summed E-state index contributed by atoms with van der Waals surface area (Å²) in [5, 5.41) is 2.62. The number of carbonyl (C=O) groups is 2. The molecule has 0 unspecified atom stereocenters. The standard InChI is InChI=1S/C20H24FN3O2S/c1-13(2)18-11-23(20(26)17-12-27-14(3)22-17)9-8-19(25)24(18)10-15-4-6-16(21)7-5-15/h4-7,12-13,18H,8-11H2,1-3H3/t18-/m0/s1. The number of rotatable bonds is 4. The van der Waals surface area contributed by atoms with E-state index in [-0.39, 0.29) is 36.0 Å². The van der Waals surface area contributed by atoms with Crippen molar-refractivity contribution < 1.29 is 14.0 Å². The van der Waals surface area contributed by atoms with Gasteiger partial charge in [-0.2, -0.15) is 0 Å². The Morgan fingerprint density at radius 2 is 2.04 bits per heavy atom. The van der Waals surface area contributed by atoms with Crippen LogP contribution in [0.15, 0.2) is 29.6 Å². The van der Waals surface area contributed by atoms with E-state index < -0.39 is 0 Å². The molecule has 0 radical (unpaired) electrons. The molecule has 3 rings (SSSR count). The fourth-order valence-corrected chi connectivity index (χ4v) is 3.93. The van der Waals surface area contributed by atoms with E-state index in [0.29, 0.717) is 25.3 Å². The van der Waals surface area contributed by atoms with Gasteiger partial charge in [-0.3, -0.25) is 9.59 Å². The summed E-state index contributed by atoms with van der Waals surface area (Å²) in [6.45, 7) is 7.25. The molecule has 0 saturated carbocycles. The van der Waals surface area contributed by atoms with E-state index >= 15 is 0 Å². The number of hydrogen-bond donors (Lipinski definition) is 0. The van der Waals surface area contributed by atoms with Gasteiger partial charge < -0.3 is 9.80 Å². The molecule has 7 heteroatoms. The summed E-state index contributed by atoms with van der Waals surface area (Å²) < 4.78 is 13.2. The molecule has 1 saturated heterocycles. The first-order valence-electron chi connectivity index (χ1n) is 9.10. The predicted molar refractivity (Wildman–Crippen MR) is 103 cm³/mol. The zero-order valence-electron chi connectivity index (χ0n) is 15.8. The lowest BCUT2D eigenvalue weighted by Crippen LogP contribution is -2.47. The van der Waals surface area contributed by atoms with Crippen molar-refractivity contribution in [3.05, 3.63) is 51.7 Å². The Balaban J connectivity index is 1.81. The molecule has 1 aromatic heterocycles. The van der Waals surface area contributed by atoms with Crippen molar-refractivity contribution in [2.45, 2.75) is 39.8 Å². The monoisotopic (exact) mass is 389 g/mol. The first-order valence-corrected chi connectivity index (χ1v) is 9.98. The average molecular weight is 389 g/mol. The molecule has 27 heavy (non-hydrogen) atoms. The van der Waals surface area contributed by atoms with Gasteiger partial charge >= 0.3 is 0 Å². The van der Waals surface area contributed by atoms with Crippen molar-refractivity contribution in [3.63, 3.8) is 0 Å². The van der Waals surface area contributed by atoms with Crippen LogP contribution in [0.1, 0.15) is 41.3 Å². The lowest BCUT2D eigenvalue weighted by atomic mass is 10.0. The Kier molecular flexibility index (Phi) is 5.89. The van der Waals surface area contributed by atoms with Gasteiger partial charge in [-0.05, 0) is 30.5 Å². The minimum atomic E-state index is -0.295. The van der Waals surface area contributed by atoms with Crippen LogP contribution in [0.3, 0.4) is 0 Å². The second-order valence-electron chi connectivity index (χ2n) is 7.21. The number of carbonyl (C=O) groups excluding carboxylic acids is 2. The lowest BCUT2D eigenvalue weighted by molar-refractivity contribution is -0.134. The van der Waals surface area contributed by atoms with E-state index in [1.165, 1.54) is 23.5 Å². The minimum Gasteiger partial charge on any atom is -0.335 e. The number of benzene rings is 1. The number of thiazole rings is 1. The Bertz CT molecular complexity index is 819. The molecule has 1 aliphatic heterocycles. The molecule has 2 amide bonds. The molecule has 0 aliphatic carbocycles. The van der Waals surface area contributed by atoms with Crippen LogP contribution in [0, 0.1) is 18.7 Å². The number of amides is 2. The van der Waals surface area contributed by atoms with Gasteiger partial charge in [-0.15, -0.1) is 11.3 Å². The molecule has 0 spiro atoms. The summed E-state index contributed by atoms with van der Waals surface area (Å²) in [6, 6.07) is 6.11. The summed E-state index contributed by atoms with van der Waals surface area (Å²) in [4.78, 5) is 33.5. The molecule has 1 aliphatic rings. The molecule has 0 N–H and O–H groups in total. The Morgan fingerprint density at radius 1 is 1.33 bits per heavy atom. The van der Waals surface area contributed by atoms with Gasteiger partial charge in [0.2, 0.25) is 5.91 Å². The van der Waals surface area contributed by atoms with E-state index in [1.54, 1.807) is 22.4 Å². The molecule has 1 fully saturated rings. The predicted octanol–water partition coefficient (Wildman–Crippen LogP) is 3.49. The summed E-state index contributed by atoms with van der Waals surface area (Å²) in [5.41, 5.74) is 1.32. The third-order valence-corrected chi connectivity index (χ3v) is 5.66. The second-order valence-corrected chi connectivity index (χ2v) is 8.27. The summed E-state index contributed by atoms with van der Waals surface area (Å²) >= 11 is 1.45. The van der Waals surface area contributed by atoms with Crippen molar-refractivity contribution in [2.24, 2.45) is 5.92 Å². The van der Waals surface area contributed by atoms with Crippen molar-refractivity contribution >= 4 is 23.2 Å². The highest BCUT2D eigenvalue weighted by molar-refractivity contribution is 7.09. The SMILES string of the molecule is Cc1nc(C(=O)N2CCC(=O)N(Cc3ccc(F)cc3)[C@H](C(C)C)C2)cs1. The number of halogens is 1. The van der Waals surface area contributed by atoms with Crippen LogP contribution in [-0.4, -0.2) is 45.7 Å². The van der Waals surface area contributed by atoms with Crippen molar-refractivity contribution in [1.29, 1.82) is 0 Å². The molecule has 144 valence electrons. The number of nitrogens with zero attached hydrogens (tertiary/aromatic N) is 3. The van der Waals surface area contributed by atoms with Crippen LogP contribution in [-0.2, 0) is 11.3 Å². The van der Waals surface area contributed by atoms with Gasteiger partial charge in [0.1, 0.15) is 11.5 Å². The largest absolute Gasteiger partial charge is 0.335 e. The second kappa shape index (κ2) is 8.17. The molecular weight excluding hydrogens is 365 g/mol. The maximum absolute atomic E-state index is 13.2. The van der Waals surface area contributed by atoms with Gasteiger partial charge in [0, 0.05) is 31.4 Å². The molecule has 1 atom stereocenters. The molecular formula is C20H24FN3O2S. The fourth-order valence-electron chi connectivity index (χ4n) is 3.35. The van der Waals surface area contributed by atoms with Gasteiger partial charge in [0.25, 0.3) is 5.91 Å². The molecule has 0 bridgehead atoms. The number of aromatic nitrogens is 1. The Labute approximate surface area is 162 Å². The first-order chi connectivity index (χ1) is 12.8. The lowest BCUT2D eigenvalue weighted by Gasteiger charge is -2.34. The highest BCUT2D eigenvalue weighted by atomic mass is 32.1. The van der Waals surface area contributed by atoms with Crippen LogP contribution < -0.4 is 0 Å². The summed E-state index contributed by atoms with van der Waals surface area (Å²) in [5.74, 6) is -0.221. The minimum absolute atomic E-state index is 0.0165. The zero-order chi connectivity index (χ0) is 19.6. The fraction of sp³-hybridized carbons (Fsp3) is 0.450. The van der Waals surface area contributed by atoms with Crippen LogP contribution in [0.25, 0.3) is 0 Å². The van der Waals surface area contributed by atoms with Crippen molar-refractivity contribution in [1.82, 2.24) is 14.8 Å². The number of hydrogen-bond acceptors (Lipinski definition) is 4. The van der Waals surface area contributed by atoms with Gasteiger partial charge in [0.15, 0.2) is 0 Å². The maximum atomic E-state index is 13.2.